The number of allylic oxidation sites excluding steroid dienone is 1. The lowest BCUT2D eigenvalue weighted by atomic mass is 9.58. The molecule has 4 heteroatoms. The quantitative estimate of drug-likeness (QED) is 0.702. The van der Waals surface area contributed by atoms with E-state index in [1.807, 2.05) is 30.3 Å². The van der Waals surface area contributed by atoms with E-state index < -0.39 is 0 Å². The van der Waals surface area contributed by atoms with Crippen LogP contribution in [0.3, 0.4) is 0 Å². The van der Waals surface area contributed by atoms with Crippen LogP contribution in [0.5, 0.6) is 0 Å². The number of ether oxygens (including phenoxy) is 1. The molecule has 3 fully saturated rings. The van der Waals surface area contributed by atoms with E-state index in [0.717, 1.165) is 50.6 Å². The molecule has 6 atom stereocenters. The number of hydrogen-bond acceptors (Lipinski definition) is 3. The predicted molar refractivity (Wildman–Crippen MR) is 127 cm³/mol. The first-order valence-corrected chi connectivity index (χ1v) is 12.5. The van der Waals surface area contributed by atoms with Gasteiger partial charge in [-0.3, -0.25) is 4.79 Å². The summed E-state index contributed by atoms with van der Waals surface area (Å²) in [7, 11) is 4.42. The fraction of sp³-hybridized carbons (Fsp3) is 0.607. The lowest BCUT2D eigenvalue weighted by Gasteiger charge is -2.54. The van der Waals surface area contributed by atoms with Crippen molar-refractivity contribution >= 4 is 11.6 Å². The van der Waals surface area contributed by atoms with Crippen LogP contribution in [-0.4, -0.2) is 42.1 Å². The summed E-state index contributed by atoms with van der Waals surface area (Å²) >= 11 is 0. The molecule has 1 saturated heterocycles. The van der Waals surface area contributed by atoms with Crippen LogP contribution in [0, 0.1) is 17.3 Å². The van der Waals surface area contributed by atoms with Crippen molar-refractivity contribution < 1.29 is 9.53 Å². The summed E-state index contributed by atoms with van der Waals surface area (Å²) in [6.45, 7) is 2.36. The Labute approximate surface area is 192 Å². The minimum atomic E-state index is -0.188. The van der Waals surface area contributed by atoms with Gasteiger partial charge in [-0.1, -0.05) is 37.3 Å². The van der Waals surface area contributed by atoms with Crippen LogP contribution in [0.4, 0.5) is 5.69 Å². The van der Waals surface area contributed by atoms with Crippen molar-refractivity contribution in [1.29, 1.82) is 0 Å². The summed E-state index contributed by atoms with van der Waals surface area (Å²) < 4.78 is 7.29. The van der Waals surface area contributed by atoms with E-state index in [1.165, 1.54) is 17.6 Å². The van der Waals surface area contributed by atoms with Gasteiger partial charge in [-0.15, -0.1) is 0 Å². The first-order chi connectivity index (χ1) is 15.4. The Hall–Kier alpha value is -1.91. The van der Waals surface area contributed by atoms with E-state index in [4.69, 9.17) is 4.74 Å². The number of fused-ring (bicyclic) bond motifs is 1. The van der Waals surface area contributed by atoms with Crippen LogP contribution in [0.25, 0.3) is 0 Å². The fourth-order valence-electron chi connectivity index (χ4n) is 8.00. The van der Waals surface area contributed by atoms with Crippen molar-refractivity contribution in [3.63, 3.8) is 0 Å². The molecule has 1 N–H and O–H groups in total. The molecule has 0 aromatic heterocycles. The average molecular weight is 433 g/mol. The smallest absolute Gasteiger partial charge is 0.228 e. The fourth-order valence-corrected chi connectivity index (χ4v) is 8.00. The Bertz CT molecular complexity index is 998. The third-order valence-electron chi connectivity index (χ3n) is 9.74. The Morgan fingerprint density at radius 2 is 1.94 bits per heavy atom. The molecule has 1 aromatic rings. The van der Waals surface area contributed by atoms with E-state index in [2.05, 4.69) is 43.4 Å². The third kappa shape index (κ3) is 2.78. The number of anilines is 1. The number of carbonyl (C=O) groups excluding carboxylic acids is 1. The van der Waals surface area contributed by atoms with Crippen LogP contribution in [-0.2, 0) is 9.53 Å². The summed E-state index contributed by atoms with van der Waals surface area (Å²) in [5, 5.41) is 3.20. The zero-order valence-corrected chi connectivity index (χ0v) is 19.7. The zero-order valence-electron chi connectivity index (χ0n) is 19.7. The number of amides is 1. The molecule has 2 bridgehead atoms. The maximum Gasteiger partial charge on any atom is 0.228 e. The number of carbonyl (C=O) groups is 1. The molecule has 32 heavy (non-hydrogen) atoms. The number of para-hydroxylation sites is 1. The predicted octanol–water partition coefficient (Wildman–Crippen LogP) is 5.33. The van der Waals surface area contributed by atoms with Gasteiger partial charge >= 0.3 is 0 Å². The maximum atomic E-state index is 13.4. The molecule has 2 spiro atoms. The van der Waals surface area contributed by atoms with Crippen molar-refractivity contribution in [2.45, 2.75) is 75.5 Å². The second kappa shape index (κ2) is 7.04. The Kier molecular flexibility index (Phi) is 4.55. The highest BCUT2D eigenvalue weighted by Crippen LogP contribution is 2.67. The first-order valence-electron chi connectivity index (χ1n) is 12.5. The maximum absolute atomic E-state index is 13.4. The number of benzene rings is 1. The average Bonchev–Trinajstić information content (AvgIpc) is 3.29. The van der Waals surface area contributed by atoms with E-state index in [9.17, 15) is 4.79 Å². The Balaban J connectivity index is 1.31. The molecular weight excluding hydrogens is 396 g/mol. The molecule has 3 aliphatic carbocycles. The molecule has 2 unspecified atom stereocenters. The minimum absolute atomic E-state index is 0.0336. The van der Waals surface area contributed by atoms with Gasteiger partial charge < -0.3 is 15.0 Å². The summed E-state index contributed by atoms with van der Waals surface area (Å²) in [5.41, 5.74) is 3.55. The second-order valence-electron chi connectivity index (χ2n) is 11.4. The molecule has 1 aromatic carbocycles. The van der Waals surface area contributed by atoms with E-state index in [1.54, 1.807) is 0 Å². The third-order valence-corrected chi connectivity index (χ3v) is 9.74. The van der Waals surface area contributed by atoms with Gasteiger partial charge in [0, 0.05) is 17.6 Å². The van der Waals surface area contributed by atoms with Gasteiger partial charge in [0.2, 0.25) is 5.91 Å². The van der Waals surface area contributed by atoms with Gasteiger partial charge in [0.05, 0.1) is 11.2 Å². The lowest BCUT2D eigenvalue weighted by molar-refractivity contribution is -0.146. The number of hydrogen-bond donors (Lipinski definition) is 1. The van der Waals surface area contributed by atoms with Crippen molar-refractivity contribution in [1.82, 2.24) is 4.90 Å². The second-order valence-corrected chi connectivity index (χ2v) is 11.4. The standard InChI is InChI=1S/C28H36N2O2/c1-26-14-13-20-17-19-9-10-22(30(2)3)18-27(19)15-16-28(20,32-27)24(26)12-11-23(26)25(31)29-21-7-5-4-6-8-21/h4-8,13,17,22-24H,9-12,14-16,18H2,1-3H3,(H,29,31)/t22-,23?,24+,26+,27+,28?/m0/s1. The minimum Gasteiger partial charge on any atom is -0.359 e. The molecule has 2 saturated carbocycles. The molecule has 1 amide bonds. The summed E-state index contributed by atoms with van der Waals surface area (Å²) in [6, 6.07) is 10.5. The van der Waals surface area contributed by atoms with E-state index in [0.29, 0.717) is 12.0 Å². The van der Waals surface area contributed by atoms with E-state index >= 15 is 0 Å². The lowest BCUT2D eigenvalue weighted by Crippen LogP contribution is -2.55. The van der Waals surface area contributed by atoms with Crippen LogP contribution in [0.2, 0.25) is 0 Å². The molecule has 5 aliphatic rings. The van der Waals surface area contributed by atoms with Gasteiger partial charge in [-0.05, 0) is 100 Å². The van der Waals surface area contributed by atoms with Crippen LogP contribution in [0.1, 0.15) is 58.3 Å². The summed E-state index contributed by atoms with van der Waals surface area (Å²) in [6.07, 6.45) is 13.7. The van der Waals surface area contributed by atoms with Gasteiger partial charge in [0.1, 0.15) is 0 Å². The van der Waals surface area contributed by atoms with Crippen molar-refractivity contribution in [3.05, 3.63) is 53.6 Å². The highest BCUT2D eigenvalue weighted by Gasteiger charge is 2.67. The van der Waals surface area contributed by atoms with E-state index in [-0.39, 0.29) is 28.4 Å². The van der Waals surface area contributed by atoms with Gasteiger partial charge in [0.15, 0.2) is 0 Å². The normalized spacial score (nSPS) is 41.9. The van der Waals surface area contributed by atoms with Crippen LogP contribution < -0.4 is 5.32 Å². The Morgan fingerprint density at radius 1 is 1.12 bits per heavy atom. The highest BCUT2D eigenvalue weighted by atomic mass is 16.5. The van der Waals surface area contributed by atoms with Crippen molar-refractivity contribution in [3.8, 4) is 0 Å². The van der Waals surface area contributed by atoms with Crippen LogP contribution >= 0.6 is 0 Å². The van der Waals surface area contributed by atoms with Gasteiger partial charge in [-0.2, -0.15) is 0 Å². The zero-order chi connectivity index (χ0) is 22.1. The molecule has 6 rings (SSSR count). The largest absolute Gasteiger partial charge is 0.359 e. The van der Waals surface area contributed by atoms with Gasteiger partial charge in [0.25, 0.3) is 0 Å². The molecular formula is C28H36N2O2. The molecule has 2 heterocycles. The first kappa shape index (κ1) is 20.7. The number of nitrogens with zero attached hydrogens (tertiary/aromatic N) is 1. The number of rotatable bonds is 3. The molecule has 170 valence electrons. The summed E-state index contributed by atoms with van der Waals surface area (Å²) in [5.74, 6) is 0.629. The van der Waals surface area contributed by atoms with Gasteiger partial charge in [-0.25, -0.2) is 0 Å². The topological polar surface area (TPSA) is 41.6 Å². The van der Waals surface area contributed by atoms with Crippen molar-refractivity contribution in [2.24, 2.45) is 17.3 Å². The SMILES string of the molecule is CN(C)[C@H]1CCC2=CC3=CC[C@]4(C)C(C(=O)Nc5ccccc5)CC[C@H]4C34CC[C@]2(C1)O4. The molecule has 2 aliphatic heterocycles. The highest BCUT2D eigenvalue weighted by molar-refractivity contribution is 5.93. The summed E-state index contributed by atoms with van der Waals surface area (Å²) in [4.78, 5) is 15.8. The number of nitrogens with one attached hydrogen (secondary N) is 1. The van der Waals surface area contributed by atoms with Crippen LogP contribution in [0.15, 0.2) is 53.6 Å². The monoisotopic (exact) mass is 432 g/mol. The molecule has 0 radical (unpaired) electrons. The van der Waals surface area contributed by atoms with Crippen molar-refractivity contribution in [2.75, 3.05) is 19.4 Å². The Morgan fingerprint density at radius 3 is 2.72 bits per heavy atom. The molecule has 4 nitrogen and oxygen atoms in total.